The molecule has 12 nitrogen and oxygen atoms in total. The zero-order valence-corrected chi connectivity index (χ0v) is 23.1. The van der Waals surface area contributed by atoms with Gasteiger partial charge in [0.05, 0.1) is 36.8 Å². The van der Waals surface area contributed by atoms with E-state index in [2.05, 4.69) is 30.8 Å². The van der Waals surface area contributed by atoms with Crippen molar-refractivity contribution < 1.29 is 78.3 Å². The van der Waals surface area contributed by atoms with Crippen molar-refractivity contribution in [2.24, 2.45) is 0 Å². The van der Waals surface area contributed by atoms with Crippen LogP contribution in [0.15, 0.2) is 36.8 Å². The Labute approximate surface area is 252 Å². The fourth-order valence-corrected chi connectivity index (χ4v) is 3.63. The van der Waals surface area contributed by atoms with Crippen LogP contribution < -0.4 is 4.90 Å². The third-order valence-corrected chi connectivity index (χ3v) is 5.74. The second kappa shape index (κ2) is 16.8. The largest absolute Gasteiger partial charge is 0.490 e. The molecule has 0 bridgehead atoms. The highest BCUT2D eigenvalue weighted by Crippen LogP contribution is 2.31. The highest BCUT2D eigenvalue weighted by Gasteiger charge is 2.41. The highest BCUT2D eigenvalue weighted by molar-refractivity contribution is 5.73. The molecule has 2 aromatic heterocycles. The van der Waals surface area contributed by atoms with Crippen molar-refractivity contribution in [3.8, 4) is 0 Å². The Bertz CT molecular complexity index is 1200. The molecule has 0 aromatic carbocycles. The summed E-state index contributed by atoms with van der Waals surface area (Å²) >= 11 is 0. The normalized spacial score (nSPS) is 16.4. The molecule has 1 spiro atoms. The van der Waals surface area contributed by atoms with Gasteiger partial charge in [-0.1, -0.05) is 6.07 Å². The van der Waals surface area contributed by atoms with Crippen LogP contribution in [0.1, 0.15) is 18.5 Å². The van der Waals surface area contributed by atoms with Gasteiger partial charge in [-0.2, -0.15) is 39.5 Å². The Morgan fingerprint density at radius 1 is 0.783 bits per heavy atom. The summed E-state index contributed by atoms with van der Waals surface area (Å²) in [6, 6.07) is 6.03. The van der Waals surface area contributed by atoms with Gasteiger partial charge in [0.1, 0.15) is 0 Å². The molecule has 2 aromatic rings. The lowest BCUT2D eigenvalue weighted by Gasteiger charge is -2.47. The first kappa shape index (κ1) is 39.7. The molecule has 46 heavy (non-hydrogen) atoms. The molecule has 0 radical (unpaired) electrons. The maximum absolute atomic E-state index is 13.0. The topological polar surface area (TPSA) is 166 Å². The van der Waals surface area contributed by atoms with Gasteiger partial charge in [-0.25, -0.2) is 28.7 Å². The Kier molecular flexibility index (Phi) is 14.5. The van der Waals surface area contributed by atoms with Crippen molar-refractivity contribution in [3.05, 3.63) is 48.3 Å². The zero-order chi connectivity index (χ0) is 35.3. The van der Waals surface area contributed by atoms with Crippen LogP contribution in [-0.4, -0.2) is 110 Å². The van der Waals surface area contributed by atoms with Crippen LogP contribution in [0.3, 0.4) is 0 Å². The lowest BCUT2D eigenvalue weighted by atomic mass is 9.89. The molecule has 2 fully saturated rings. The lowest BCUT2D eigenvalue weighted by molar-refractivity contribution is -0.193. The molecular weight excluding hydrogens is 660 g/mol. The van der Waals surface area contributed by atoms with Gasteiger partial charge < -0.3 is 25.0 Å². The number of carboxylic acid groups (broad SMARTS) is 3. The molecule has 4 rings (SSSR count). The number of morpholine rings is 1. The van der Waals surface area contributed by atoms with Crippen LogP contribution in [0.25, 0.3) is 0 Å². The number of nitrogens with zero attached hydrogens (tertiary/aromatic N) is 5. The molecule has 22 heteroatoms. The summed E-state index contributed by atoms with van der Waals surface area (Å²) in [5.41, 5.74) is 0.945. The Balaban J connectivity index is 0.000000413. The van der Waals surface area contributed by atoms with Crippen molar-refractivity contribution in [3.63, 3.8) is 0 Å². The second-order valence-electron chi connectivity index (χ2n) is 9.16. The molecule has 0 unspecified atom stereocenters. The number of ether oxygens (including phenoxy) is 1. The van der Waals surface area contributed by atoms with Gasteiger partial charge in [-0.15, -0.1) is 0 Å². The van der Waals surface area contributed by atoms with Gasteiger partial charge in [-0.05, 0) is 25.0 Å². The fourth-order valence-electron chi connectivity index (χ4n) is 3.63. The molecule has 2 aliphatic heterocycles. The van der Waals surface area contributed by atoms with Crippen LogP contribution in [-0.2, 0) is 25.7 Å². The molecule has 0 amide bonds. The number of pyridine rings is 1. The van der Waals surface area contributed by atoms with E-state index in [0.717, 1.165) is 51.3 Å². The van der Waals surface area contributed by atoms with Gasteiger partial charge in [0.2, 0.25) is 5.95 Å². The molecule has 2 saturated heterocycles. The molecule has 258 valence electrons. The summed E-state index contributed by atoms with van der Waals surface area (Å²) in [6.45, 7) is 4.99. The molecule has 3 N–H and O–H groups in total. The smallest absolute Gasteiger partial charge is 0.475 e. The van der Waals surface area contributed by atoms with Crippen molar-refractivity contribution in [1.29, 1.82) is 0 Å². The number of hydrogen-bond acceptors (Lipinski definition) is 9. The standard InChI is InChI=1S/C18H22FN5O.3C2HF3O2/c19-15-11-21-17(22-12-15)24-9-10-25-18(14-24)4-7-23(8-5-18)13-16-3-1-2-6-20-16;3*3-2(4,5)1(6)7/h1-3,6,11-12H,4-5,7-10,13-14H2;3*(H,6,7). The van der Waals surface area contributed by atoms with Crippen LogP contribution in [0.5, 0.6) is 0 Å². The number of piperidine rings is 1. The fraction of sp³-hybridized carbons (Fsp3) is 0.500. The van der Waals surface area contributed by atoms with E-state index in [-0.39, 0.29) is 5.60 Å². The Morgan fingerprint density at radius 3 is 1.63 bits per heavy atom. The van der Waals surface area contributed by atoms with E-state index in [9.17, 15) is 43.9 Å². The molecular formula is C24H25F10N5O7. The number of halogens is 10. The minimum atomic E-state index is -5.08. The first-order chi connectivity index (χ1) is 21.1. The Morgan fingerprint density at radius 2 is 1.24 bits per heavy atom. The molecule has 4 heterocycles. The summed E-state index contributed by atoms with van der Waals surface area (Å²) in [5.74, 6) is -8.10. The van der Waals surface area contributed by atoms with Gasteiger partial charge >= 0.3 is 36.4 Å². The summed E-state index contributed by atoms with van der Waals surface area (Å²) < 4.78 is 114. The average molecular weight is 685 g/mol. The molecule has 2 aliphatic rings. The van der Waals surface area contributed by atoms with E-state index in [1.54, 1.807) is 0 Å². The minimum absolute atomic E-state index is 0.156. The number of carbonyl (C=O) groups is 3. The second-order valence-corrected chi connectivity index (χ2v) is 9.16. The predicted octanol–water partition coefficient (Wildman–Crippen LogP) is 3.78. The highest BCUT2D eigenvalue weighted by atomic mass is 19.4. The van der Waals surface area contributed by atoms with Crippen LogP contribution >= 0.6 is 0 Å². The van der Waals surface area contributed by atoms with Gasteiger partial charge in [0.25, 0.3) is 0 Å². The first-order valence-corrected chi connectivity index (χ1v) is 12.4. The number of alkyl halides is 9. The van der Waals surface area contributed by atoms with E-state index >= 15 is 0 Å². The number of aromatic nitrogens is 3. The predicted molar refractivity (Wildman–Crippen MR) is 133 cm³/mol. The minimum Gasteiger partial charge on any atom is -0.475 e. The molecule has 0 saturated carbocycles. The van der Waals surface area contributed by atoms with Gasteiger partial charge in [-0.3, -0.25) is 9.88 Å². The van der Waals surface area contributed by atoms with E-state index in [1.165, 1.54) is 12.4 Å². The van der Waals surface area contributed by atoms with Crippen molar-refractivity contribution in [2.45, 2.75) is 43.5 Å². The summed E-state index contributed by atoms with van der Waals surface area (Å²) in [7, 11) is 0. The van der Waals surface area contributed by atoms with Crippen molar-refractivity contribution >= 4 is 23.9 Å². The molecule has 0 atom stereocenters. The quantitative estimate of drug-likeness (QED) is 0.401. The number of carboxylic acids is 3. The molecule has 0 aliphatic carbocycles. The summed E-state index contributed by atoms with van der Waals surface area (Å²) in [4.78, 5) is 43.9. The van der Waals surface area contributed by atoms with Crippen molar-refractivity contribution in [2.75, 3.05) is 37.7 Å². The number of anilines is 1. The number of aliphatic carboxylic acids is 3. The maximum Gasteiger partial charge on any atom is 0.490 e. The van der Waals surface area contributed by atoms with Crippen molar-refractivity contribution in [1.82, 2.24) is 19.9 Å². The zero-order valence-electron chi connectivity index (χ0n) is 23.1. The van der Waals surface area contributed by atoms with Crippen LogP contribution in [0.4, 0.5) is 49.9 Å². The third kappa shape index (κ3) is 14.6. The van der Waals surface area contributed by atoms with Gasteiger partial charge in [0, 0.05) is 32.4 Å². The van der Waals surface area contributed by atoms with E-state index in [4.69, 9.17) is 34.4 Å². The number of rotatable bonds is 3. The third-order valence-electron chi connectivity index (χ3n) is 5.74. The summed E-state index contributed by atoms with van der Waals surface area (Å²) in [5, 5.41) is 21.4. The average Bonchev–Trinajstić information content (AvgIpc) is 2.95. The van der Waals surface area contributed by atoms with Crippen LogP contribution in [0.2, 0.25) is 0 Å². The van der Waals surface area contributed by atoms with Crippen LogP contribution in [0, 0.1) is 5.82 Å². The van der Waals surface area contributed by atoms with E-state index in [0.29, 0.717) is 12.6 Å². The number of hydrogen-bond donors (Lipinski definition) is 3. The van der Waals surface area contributed by atoms with E-state index in [1.807, 2.05) is 18.3 Å². The van der Waals surface area contributed by atoms with E-state index < -0.39 is 42.3 Å². The Hall–Kier alpha value is -4.34. The summed E-state index contributed by atoms with van der Waals surface area (Å²) in [6.07, 6.45) is -9.03. The SMILES string of the molecule is Fc1cnc(N2CCOC3(CCN(Cc4ccccn4)CC3)C2)nc1.O=C(O)C(F)(F)F.O=C(O)C(F)(F)F.O=C(O)C(F)(F)F. The maximum atomic E-state index is 13.0. The first-order valence-electron chi connectivity index (χ1n) is 12.4. The lowest BCUT2D eigenvalue weighted by Crippen LogP contribution is -2.57. The van der Waals surface area contributed by atoms with Gasteiger partial charge in [0.15, 0.2) is 5.82 Å². The monoisotopic (exact) mass is 685 g/mol. The number of likely N-dealkylation sites (tertiary alicyclic amines) is 1.